The summed E-state index contributed by atoms with van der Waals surface area (Å²) in [6.07, 6.45) is 1.49. The zero-order valence-corrected chi connectivity index (χ0v) is 12.5. The molecule has 0 aliphatic rings. The van der Waals surface area contributed by atoms with Gasteiger partial charge in [0.05, 0.1) is 11.4 Å². The summed E-state index contributed by atoms with van der Waals surface area (Å²) in [6.45, 7) is 0. The standard InChI is InChI=1S/C14H13Cl2N3O/c1-19(2)13-4-3-9(15)7-11(13)18-14(20)12-8-10(16)5-6-17-12/h3-8H,1-2H3,(H,18,20). The number of anilines is 2. The minimum Gasteiger partial charge on any atom is -0.376 e. The lowest BCUT2D eigenvalue weighted by Crippen LogP contribution is -2.17. The van der Waals surface area contributed by atoms with E-state index < -0.39 is 0 Å². The third kappa shape index (κ3) is 3.40. The summed E-state index contributed by atoms with van der Waals surface area (Å²) in [5.74, 6) is -0.335. The average molecular weight is 310 g/mol. The summed E-state index contributed by atoms with van der Waals surface area (Å²) in [7, 11) is 3.77. The van der Waals surface area contributed by atoms with Crippen molar-refractivity contribution >= 4 is 40.5 Å². The van der Waals surface area contributed by atoms with Gasteiger partial charge in [0.25, 0.3) is 5.91 Å². The quantitative estimate of drug-likeness (QED) is 0.940. The van der Waals surface area contributed by atoms with Crippen LogP contribution in [0.2, 0.25) is 10.0 Å². The van der Waals surface area contributed by atoms with Crippen LogP contribution in [0.3, 0.4) is 0 Å². The number of nitrogens with one attached hydrogen (secondary N) is 1. The molecule has 104 valence electrons. The van der Waals surface area contributed by atoms with Gasteiger partial charge >= 0.3 is 0 Å². The number of pyridine rings is 1. The van der Waals surface area contributed by atoms with Crippen molar-refractivity contribution in [2.75, 3.05) is 24.3 Å². The Hall–Kier alpha value is -1.78. The molecule has 0 spiro atoms. The molecule has 4 nitrogen and oxygen atoms in total. The Morgan fingerprint density at radius 1 is 1.15 bits per heavy atom. The number of carbonyl (C=O) groups is 1. The number of halogens is 2. The van der Waals surface area contributed by atoms with Crippen molar-refractivity contribution in [3.63, 3.8) is 0 Å². The van der Waals surface area contributed by atoms with Gasteiger partial charge in [-0.05, 0) is 30.3 Å². The molecule has 20 heavy (non-hydrogen) atoms. The monoisotopic (exact) mass is 309 g/mol. The first-order valence-electron chi connectivity index (χ1n) is 5.87. The fourth-order valence-electron chi connectivity index (χ4n) is 1.71. The average Bonchev–Trinajstić information content (AvgIpc) is 2.38. The van der Waals surface area contributed by atoms with E-state index in [0.29, 0.717) is 15.7 Å². The largest absolute Gasteiger partial charge is 0.376 e. The maximum Gasteiger partial charge on any atom is 0.274 e. The van der Waals surface area contributed by atoms with Crippen LogP contribution in [0.1, 0.15) is 10.5 Å². The second kappa shape index (κ2) is 6.11. The lowest BCUT2D eigenvalue weighted by Gasteiger charge is -2.18. The summed E-state index contributed by atoms with van der Waals surface area (Å²) in [5, 5.41) is 3.80. The fourth-order valence-corrected chi connectivity index (χ4v) is 2.05. The highest BCUT2D eigenvalue weighted by molar-refractivity contribution is 6.31. The number of hydrogen-bond acceptors (Lipinski definition) is 3. The Kier molecular flexibility index (Phi) is 4.47. The van der Waals surface area contributed by atoms with Gasteiger partial charge in [0, 0.05) is 30.3 Å². The van der Waals surface area contributed by atoms with E-state index in [0.717, 1.165) is 5.69 Å². The van der Waals surface area contributed by atoms with Crippen molar-refractivity contribution in [2.24, 2.45) is 0 Å². The highest BCUT2D eigenvalue weighted by Gasteiger charge is 2.12. The maximum atomic E-state index is 12.2. The third-order valence-corrected chi connectivity index (χ3v) is 3.11. The highest BCUT2D eigenvalue weighted by atomic mass is 35.5. The lowest BCUT2D eigenvalue weighted by molar-refractivity contribution is 0.102. The molecule has 6 heteroatoms. The molecule has 1 aromatic heterocycles. The normalized spacial score (nSPS) is 10.2. The van der Waals surface area contributed by atoms with E-state index in [1.54, 1.807) is 18.2 Å². The van der Waals surface area contributed by atoms with Crippen LogP contribution in [-0.2, 0) is 0 Å². The van der Waals surface area contributed by atoms with Gasteiger partial charge < -0.3 is 10.2 Å². The van der Waals surface area contributed by atoms with Crippen LogP contribution in [-0.4, -0.2) is 25.0 Å². The van der Waals surface area contributed by atoms with E-state index in [-0.39, 0.29) is 11.6 Å². The minimum absolute atomic E-state index is 0.252. The molecule has 1 heterocycles. The van der Waals surface area contributed by atoms with Crippen LogP contribution in [0, 0.1) is 0 Å². The molecule has 1 N–H and O–H groups in total. The SMILES string of the molecule is CN(C)c1ccc(Cl)cc1NC(=O)c1cc(Cl)ccn1. The molecule has 2 aromatic rings. The number of benzene rings is 1. The number of amides is 1. The fraction of sp³-hybridized carbons (Fsp3) is 0.143. The Morgan fingerprint density at radius 2 is 1.85 bits per heavy atom. The molecule has 0 saturated carbocycles. The molecule has 0 aliphatic heterocycles. The summed E-state index contributed by atoms with van der Waals surface area (Å²) in [4.78, 5) is 18.0. The summed E-state index contributed by atoms with van der Waals surface area (Å²) in [5.41, 5.74) is 1.72. The van der Waals surface area contributed by atoms with E-state index in [9.17, 15) is 4.79 Å². The number of carbonyl (C=O) groups excluding carboxylic acids is 1. The summed E-state index contributed by atoms with van der Waals surface area (Å²) < 4.78 is 0. The van der Waals surface area contributed by atoms with Gasteiger partial charge in [-0.15, -0.1) is 0 Å². The van der Waals surface area contributed by atoms with Crippen LogP contribution in [0.15, 0.2) is 36.5 Å². The second-order valence-electron chi connectivity index (χ2n) is 4.37. The van der Waals surface area contributed by atoms with Gasteiger partial charge in [-0.1, -0.05) is 23.2 Å². The maximum absolute atomic E-state index is 12.2. The van der Waals surface area contributed by atoms with Gasteiger partial charge in [0.2, 0.25) is 0 Å². The number of nitrogens with zero attached hydrogens (tertiary/aromatic N) is 2. The summed E-state index contributed by atoms with van der Waals surface area (Å²) in [6, 6.07) is 8.42. The Labute approximate surface area is 127 Å². The van der Waals surface area contributed by atoms with Gasteiger partial charge in [0.15, 0.2) is 0 Å². The number of rotatable bonds is 3. The lowest BCUT2D eigenvalue weighted by atomic mass is 10.2. The van der Waals surface area contributed by atoms with Crippen LogP contribution < -0.4 is 10.2 Å². The van der Waals surface area contributed by atoms with Crippen molar-refractivity contribution < 1.29 is 4.79 Å². The highest BCUT2D eigenvalue weighted by Crippen LogP contribution is 2.28. The minimum atomic E-state index is -0.335. The summed E-state index contributed by atoms with van der Waals surface area (Å²) >= 11 is 11.8. The van der Waals surface area contributed by atoms with E-state index in [1.165, 1.54) is 12.3 Å². The van der Waals surface area contributed by atoms with Gasteiger partial charge in [-0.3, -0.25) is 9.78 Å². The number of hydrogen-bond donors (Lipinski definition) is 1. The van der Waals surface area contributed by atoms with E-state index >= 15 is 0 Å². The van der Waals surface area contributed by atoms with Crippen molar-refractivity contribution in [3.8, 4) is 0 Å². The van der Waals surface area contributed by atoms with Crippen LogP contribution in [0.25, 0.3) is 0 Å². The molecule has 0 radical (unpaired) electrons. The Bertz CT molecular complexity index is 644. The van der Waals surface area contributed by atoms with Crippen LogP contribution in [0.4, 0.5) is 11.4 Å². The molecule has 0 fully saturated rings. The molecular weight excluding hydrogens is 297 g/mol. The molecule has 0 bridgehead atoms. The van der Waals surface area contributed by atoms with Crippen molar-refractivity contribution in [3.05, 3.63) is 52.3 Å². The predicted molar refractivity (Wildman–Crippen MR) is 83.0 cm³/mol. The second-order valence-corrected chi connectivity index (χ2v) is 5.24. The van der Waals surface area contributed by atoms with E-state index in [4.69, 9.17) is 23.2 Å². The first-order valence-corrected chi connectivity index (χ1v) is 6.63. The van der Waals surface area contributed by atoms with Gasteiger partial charge in [0.1, 0.15) is 5.69 Å². The first-order chi connectivity index (χ1) is 9.47. The molecule has 0 saturated heterocycles. The molecule has 2 rings (SSSR count). The first kappa shape index (κ1) is 14.6. The smallest absolute Gasteiger partial charge is 0.274 e. The molecular formula is C14H13Cl2N3O. The van der Waals surface area contributed by atoms with Gasteiger partial charge in [-0.2, -0.15) is 0 Å². The molecule has 0 unspecified atom stereocenters. The van der Waals surface area contributed by atoms with Gasteiger partial charge in [-0.25, -0.2) is 0 Å². The Morgan fingerprint density at radius 3 is 2.50 bits per heavy atom. The molecule has 0 atom stereocenters. The number of aromatic nitrogens is 1. The van der Waals surface area contributed by atoms with E-state index in [1.807, 2.05) is 25.1 Å². The van der Waals surface area contributed by atoms with Crippen molar-refractivity contribution in [1.29, 1.82) is 0 Å². The molecule has 1 amide bonds. The zero-order valence-electron chi connectivity index (χ0n) is 11.0. The Balaban J connectivity index is 2.30. The van der Waals surface area contributed by atoms with Crippen LogP contribution >= 0.6 is 23.2 Å². The topological polar surface area (TPSA) is 45.2 Å². The molecule has 0 aliphatic carbocycles. The third-order valence-electron chi connectivity index (χ3n) is 2.64. The van der Waals surface area contributed by atoms with Crippen LogP contribution in [0.5, 0.6) is 0 Å². The van der Waals surface area contributed by atoms with E-state index in [2.05, 4.69) is 10.3 Å². The predicted octanol–water partition coefficient (Wildman–Crippen LogP) is 3.71. The van der Waals surface area contributed by atoms with Crippen molar-refractivity contribution in [1.82, 2.24) is 4.98 Å². The molecule has 1 aromatic carbocycles. The van der Waals surface area contributed by atoms with Crippen molar-refractivity contribution in [2.45, 2.75) is 0 Å². The zero-order chi connectivity index (χ0) is 14.7.